The molecule has 1 aliphatic heterocycles. The van der Waals surface area contributed by atoms with Gasteiger partial charge in [-0.3, -0.25) is 4.79 Å². The van der Waals surface area contributed by atoms with Crippen LogP contribution in [0.2, 0.25) is 0 Å². The molecule has 0 bridgehead atoms. The maximum absolute atomic E-state index is 12.1. The van der Waals surface area contributed by atoms with Crippen LogP contribution in [0.3, 0.4) is 0 Å². The summed E-state index contributed by atoms with van der Waals surface area (Å²) in [5.74, 6) is -1.46. The highest BCUT2D eigenvalue weighted by Gasteiger charge is 2.41. The second-order valence-corrected chi connectivity index (χ2v) is 5.24. The lowest BCUT2D eigenvalue weighted by Gasteiger charge is -2.23. The molecule has 3 unspecified atom stereocenters. The number of nitrogens with zero attached hydrogens (tertiary/aromatic N) is 2. The highest BCUT2D eigenvalue weighted by atomic mass is 32.1. The van der Waals surface area contributed by atoms with Crippen molar-refractivity contribution >= 4 is 24.5 Å². The summed E-state index contributed by atoms with van der Waals surface area (Å²) in [5, 5.41) is 21.3. The van der Waals surface area contributed by atoms with Gasteiger partial charge in [-0.15, -0.1) is 4.91 Å². The van der Waals surface area contributed by atoms with E-state index < -0.39 is 30.1 Å². The van der Waals surface area contributed by atoms with Crippen LogP contribution in [0.5, 0.6) is 0 Å². The number of aliphatic hydroxyl groups is 1. The Bertz CT molecular complexity index is 381. The summed E-state index contributed by atoms with van der Waals surface area (Å²) in [4.78, 5) is 35.0. The average molecular weight is 305 g/mol. The van der Waals surface area contributed by atoms with E-state index in [-0.39, 0.29) is 25.4 Å². The first-order valence-electron chi connectivity index (χ1n) is 6.31. The molecule has 0 spiro atoms. The van der Waals surface area contributed by atoms with Crippen molar-refractivity contribution in [1.82, 2.24) is 4.90 Å². The zero-order chi connectivity index (χ0) is 15.3. The van der Waals surface area contributed by atoms with Crippen molar-refractivity contribution in [3.63, 3.8) is 0 Å². The number of β-amino-alcohol motifs (C(OH)–C–C–N with tert-alkyl or cyclic N) is 1. The van der Waals surface area contributed by atoms with E-state index in [4.69, 9.17) is 10.8 Å². The summed E-state index contributed by atoms with van der Waals surface area (Å²) in [6.07, 6.45) is -0.405. The summed E-state index contributed by atoms with van der Waals surface area (Å²) >= 11 is 4.00. The molecular formula is C11H19N3O5S. The molecule has 0 aliphatic carbocycles. The molecule has 0 aromatic rings. The molecule has 0 radical (unpaired) electrons. The average Bonchev–Trinajstić information content (AvgIpc) is 2.81. The maximum Gasteiger partial charge on any atom is 0.326 e. The first-order chi connectivity index (χ1) is 9.40. The lowest BCUT2D eigenvalue weighted by Crippen LogP contribution is -2.45. The fourth-order valence-corrected chi connectivity index (χ4v) is 2.35. The minimum Gasteiger partial charge on any atom is -0.480 e. The van der Waals surface area contributed by atoms with Crippen LogP contribution in [0.25, 0.3) is 0 Å². The number of aliphatic hydroxyl groups excluding tert-OH is 1. The van der Waals surface area contributed by atoms with Gasteiger partial charge in [-0.05, 0) is 12.8 Å². The summed E-state index contributed by atoms with van der Waals surface area (Å²) in [7, 11) is 0. The third-order valence-corrected chi connectivity index (χ3v) is 3.77. The van der Waals surface area contributed by atoms with Gasteiger partial charge in [0.05, 0.1) is 6.10 Å². The number of amides is 1. The number of hydrogen-bond acceptors (Lipinski definition) is 7. The molecule has 4 atom stereocenters. The normalized spacial score (nSPS) is 25.2. The molecule has 1 heterocycles. The highest BCUT2D eigenvalue weighted by Crippen LogP contribution is 2.21. The standard InChI is InChI=1S/C11H19N3O5S/c12-6(5-20)1-2-8(13-19)10(16)14-4-7(15)3-9(14)11(17)18/h6-9,15,20H,1-5,12H2,(H,17,18)/t6?,7?,8?,9-/m0/s1. The Hall–Kier alpha value is -1.19. The molecule has 0 saturated carbocycles. The van der Waals surface area contributed by atoms with Gasteiger partial charge in [0, 0.05) is 24.8 Å². The van der Waals surface area contributed by atoms with Gasteiger partial charge in [0.1, 0.15) is 6.04 Å². The van der Waals surface area contributed by atoms with Crippen molar-refractivity contribution < 1.29 is 19.8 Å². The van der Waals surface area contributed by atoms with E-state index in [2.05, 4.69) is 17.8 Å². The molecule has 1 fully saturated rings. The minimum absolute atomic E-state index is 0.0389. The first-order valence-corrected chi connectivity index (χ1v) is 6.94. The number of carbonyl (C=O) groups is 2. The number of carbonyl (C=O) groups excluding carboxylic acids is 1. The Morgan fingerprint density at radius 2 is 2.10 bits per heavy atom. The van der Waals surface area contributed by atoms with E-state index in [0.29, 0.717) is 12.2 Å². The van der Waals surface area contributed by atoms with Crippen LogP contribution < -0.4 is 5.73 Å². The lowest BCUT2D eigenvalue weighted by molar-refractivity contribution is -0.148. The predicted octanol–water partition coefficient (Wildman–Crippen LogP) is -0.795. The summed E-state index contributed by atoms with van der Waals surface area (Å²) in [5.41, 5.74) is 5.65. The van der Waals surface area contributed by atoms with Gasteiger partial charge in [-0.2, -0.15) is 12.6 Å². The Kier molecular flexibility index (Phi) is 6.37. The monoisotopic (exact) mass is 305 g/mol. The van der Waals surface area contributed by atoms with Crippen molar-refractivity contribution in [3.05, 3.63) is 4.91 Å². The fourth-order valence-electron chi connectivity index (χ4n) is 2.17. The molecular weight excluding hydrogens is 286 g/mol. The van der Waals surface area contributed by atoms with Crippen molar-refractivity contribution in [2.75, 3.05) is 12.3 Å². The number of carboxylic acid groups (broad SMARTS) is 1. The van der Waals surface area contributed by atoms with Gasteiger partial charge in [-0.1, -0.05) is 5.18 Å². The number of carboxylic acids is 1. The van der Waals surface area contributed by atoms with Gasteiger partial charge in [0.15, 0.2) is 6.04 Å². The maximum atomic E-state index is 12.1. The number of likely N-dealkylation sites (tertiary alicyclic amines) is 1. The first kappa shape index (κ1) is 16.9. The Morgan fingerprint density at radius 1 is 1.45 bits per heavy atom. The molecule has 8 nitrogen and oxygen atoms in total. The zero-order valence-electron chi connectivity index (χ0n) is 10.9. The van der Waals surface area contributed by atoms with E-state index in [1.165, 1.54) is 0 Å². The van der Waals surface area contributed by atoms with Crippen molar-refractivity contribution in [3.8, 4) is 0 Å². The molecule has 4 N–H and O–H groups in total. The third kappa shape index (κ3) is 4.15. The number of thiol groups is 1. The SMILES string of the molecule is NC(CS)CCC(N=O)C(=O)N1CC(O)C[C@H]1C(=O)O. The Labute approximate surface area is 121 Å². The van der Waals surface area contributed by atoms with E-state index in [9.17, 15) is 19.6 Å². The van der Waals surface area contributed by atoms with Gasteiger partial charge >= 0.3 is 5.97 Å². The second kappa shape index (κ2) is 7.55. The summed E-state index contributed by atoms with van der Waals surface area (Å²) in [6, 6.07) is -2.54. The van der Waals surface area contributed by atoms with Gasteiger partial charge in [0.2, 0.25) is 0 Å². The summed E-state index contributed by atoms with van der Waals surface area (Å²) < 4.78 is 0. The van der Waals surface area contributed by atoms with Gasteiger partial charge < -0.3 is 20.8 Å². The summed E-state index contributed by atoms with van der Waals surface area (Å²) in [6.45, 7) is -0.0968. The van der Waals surface area contributed by atoms with Crippen molar-refractivity contribution in [1.29, 1.82) is 0 Å². The largest absolute Gasteiger partial charge is 0.480 e. The number of nitrogens with two attached hydrogens (primary N) is 1. The number of rotatable bonds is 7. The van der Waals surface area contributed by atoms with Crippen molar-refractivity contribution in [2.24, 2.45) is 10.9 Å². The second-order valence-electron chi connectivity index (χ2n) is 4.88. The molecule has 9 heteroatoms. The van der Waals surface area contributed by atoms with E-state index in [1.807, 2.05) is 0 Å². The number of nitroso groups, excluding NO2 is 1. The van der Waals surface area contributed by atoms with Gasteiger partial charge in [-0.25, -0.2) is 4.79 Å². The van der Waals surface area contributed by atoms with Crippen LogP contribution in [0.15, 0.2) is 5.18 Å². The molecule has 1 saturated heterocycles. The number of hydrogen-bond donors (Lipinski definition) is 4. The minimum atomic E-state index is -1.20. The predicted molar refractivity (Wildman–Crippen MR) is 74.4 cm³/mol. The number of aliphatic carboxylic acids is 1. The van der Waals surface area contributed by atoms with Crippen LogP contribution in [0.1, 0.15) is 19.3 Å². The van der Waals surface area contributed by atoms with E-state index in [0.717, 1.165) is 4.90 Å². The molecule has 1 rings (SSSR count). The lowest BCUT2D eigenvalue weighted by atomic mass is 10.1. The fraction of sp³-hybridized carbons (Fsp3) is 0.818. The molecule has 1 aliphatic rings. The highest BCUT2D eigenvalue weighted by molar-refractivity contribution is 7.80. The van der Waals surface area contributed by atoms with Crippen LogP contribution in [0, 0.1) is 4.91 Å². The van der Waals surface area contributed by atoms with Crippen LogP contribution >= 0.6 is 12.6 Å². The topological polar surface area (TPSA) is 133 Å². The smallest absolute Gasteiger partial charge is 0.326 e. The Morgan fingerprint density at radius 3 is 2.60 bits per heavy atom. The van der Waals surface area contributed by atoms with Crippen LogP contribution in [-0.2, 0) is 9.59 Å². The molecule has 114 valence electrons. The molecule has 0 aromatic heterocycles. The zero-order valence-corrected chi connectivity index (χ0v) is 11.8. The van der Waals surface area contributed by atoms with E-state index >= 15 is 0 Å². The van der Waals surface area contributed by atoms with Crippen molar-refractivity contribution in [2.45, 2.75) is 43.5 Å². The Balaban J connectivity index is 2.69. The molecule has 0 aromatic carbocycles. The molecule has 1 amide bonds. The van der Waals surface area contributed by atoms with Crippen LogP contribution in [-0.4, -0.2) is 63.5 Å². The molecule has 20 heavy (non-hydrogen) atoms. The quantitative estimate of drug-likeness (QED) is 0.359. The van der Waals surface area contributed by atoms with Gasteiger partial charge in [0.25, 0.3) is 5.91 Å². The van der Waals surface area contributed by atoms with Crippen LogP contribution in [0.4, 0.5) is 0 Å². The van der Waals surface area contributed by atoms with E-state index in [1.54, 1.807) is 0 Å². The third-order valence-electron chi connectivity index (χ3n) is 3.30.